The topological polar surface area (TPSA) is 75.0 Å². The van der Waals surface area contributed by atoms with Gasteiger partial charge in [0.2, 0.25) is 0 Å². The fourth-order valence-corrected chi connectivity index (χ4v) is 3.12. The first-order valence-electron chi connectivity index (χ1n) is 7.20. The third-order valence-electron chi connectivity index (χ3n) is 4.15. The summed E-state index contributed by atoms with van der Waals surface area (Å²) in [6.45, 7) is 4.36. The van der Waals surface area contributed by atoms with Crippen molar-refractivity contribution in [3.05, 3.63) is 23.9 Å². The van der Waals surface area contributed by atoms with Gasteiger partial charge < -0.3 is 21.7 Å². The zero-order chi connectivity index (χ0) is 13.1. The van der Waals surface area contributed by atoms with Gasteiger partial charge in [0, 0.05) is 30.9 Å². The van der Waals surface area contributed by atoms with Gasteiger partial charge in [0.25, 0.3) is 0 Å². The average Bonchev–Trinajstić information content (AvgIpc) is 3.03. The summed E-state index contributed by atoms with van der Waals surface area (Å²) in [5.74, 6) is 1.22. The number of nitrogen functional groups attached to an aromatic ring is 1. The fourth-order valence-electron chi connectivity index (χ4n) is 3.12. The Morgan fingerprint density at radius 1 is 1.09 bits per heavy atom. The molecule has 9 heteroatoms. The molecule has 5 nitrogen and oxygen atoms in total. The molecule has 0 bridgehead atoms. The van der Waals surface area contributed by atoms with Gasteiger partial charge in [-0.15, -0.1) is 49.6 Å². The zero-order valence-corrected chi connectivity index (χ0v) is 16.1. The Bertz CT molecular complexity index is 431. The molecule has 0 spiro atoms. The van der Waals surface area contributed by atoms with Crippen molar-refractivity contribution in [1.82, 2.24) is 20.9 Å². The van der Waals surface area contributed by atoms with Gasteiger partial charge >= 0.3 is 0 Å². The summed E-state index contributed by atoms with van der Waals surface area (Å²) < 4.78 is 0. The van der Waals surface area contributed by atoms with Crippen LogP contribution in [0.4, 0.5) is 5.82 Å². The molecule has 2 saturated heterocycles. The number of rotatable bonds is 4. The van der Waals surface area contributed by atoms with Crippen LogP contribution in [0.25, 0.3) is 0 Å². The van der Waals surface area contributed by atoms with Crippen LogP contribution in [0.1, 0.15) is 12.1 Å². The van der Waals surface area contributed by atoms with E-state index < -0.39 is 0 Å². The van der Waals surface area contributed by atoms with Crippen LogP contribution in [0, 0.1) is 5.92 Å². The largest absolute Gasteiger partial charge is 0.384 e. The second-order valence-electron chi connectivity index (χ2n) is 5.64. The van der Waals surface area contributed by atoms with E-state index in [9.17, 15) is 0 Å². The van der Waals surface area contributed by atoms with Gasteiger partial charge in [-0.25, -0.2) is 4.98 Å². The van der Waals surface area contributed by atoms with Gasteiger partial charge in [-0.2, -0.15) is 0 Å². The average molecular weight is 407 g/mol. The minimum atomic E-state index is 0. The normalized spacial score (nSPS) is 25.5. The van der Waals surface area contributed by atoms with E-state index in [1.807, 2.05) is 12.1 Å². The first-order chi connectivity index (χ1) is 9.31. The van der Waals surface area contributed by atoms with Crippen LogP contribution in [0.15, 0.2) is 18.2 Å². The van der Waals surface area contributed by atoms with E-state index in [0.29, 0.717) is 23.8 Å². The van der Waals surface area contributed by atoms with E-state index in [1.165, 1.54) is 6.42 Å². The Morgan fingerprint density at radius 2 is 1.87 bits per heavy atom. The minimum Gasteiger partial charge on any atom is -0.384 e. The van der Waals surface area contributed by atoms with E-state index in [0.717, 1.165) is 38.3 Å². The summed E-state index contributed by atoms with van der Waals surface area (Å²) in [6.07, 6.45) is 2.23. The van der Waals surface area contributed by atoms with Crippen LogP contribution >= 0.6 is 49.6 Å². The van der Waals surface area contributed by atoms with Crippen LogP contribution in [-0.2, 0) is 6.42 Å². The Hall–Kier alpha value is -0.0100. The second kappa shape index (κ2) is 12.4. The van der Waals surface area contributed by atoms with Crippen molar-refractivity contribution in [2.24, 2.45) is 5.92 Å². The van der Waals surface area contributed by atoms with Gasteiger partial charge in [-0.3, -0.25) is 0 Å². The van der Waals surface area contributed by atoms with Gasteiger partial charge in [0.15, 0.2) is 0 Å². The molecule has 136 valence electrons. The van der Waals surface area contributed by atoms with Gasteiger partial charge in [0.05, 0.1) is 0 Å². The number of anilines is 1. The number of halogens is 4. The molecule has 2 unspecified atom stereocenters. The summed E-state index contributed by atoms with van der Waals surface area (Å²) in [6, 6.07) is 7.08. The summed E-state index contributed by atoms with van der Waals surface area (Å²) in [4.78, 5) is 4.41. The van der Waals surface area contributed by atoms with E-state index in [-0.39, 0.29) is 49.6 Å². The van der Waals surface area contributed by atoms with E-state index in [4.69, 9.17) is 5.73 Å². The minimum absolute atomic E-state index is 0. The molecule has 1 aromatic heterocycles. The summed E-state index contributed by atoms with van der Waals surface area (Å²) in [5, 5.41) is 10.7. The first kappa shape index (κ1) is 25.2. The fraction of sp³-hybridized carbons (Fsp3) is 0.643. The van der Waals surface area contributed by atoms with Crippen molar-refractivity contribution in [3.63, 3.8) is 0 Å². The van der Waals surface area contributed by atoms with Crippen LogP contribution in [0.5, 0.6) is 0 Å². The Labute approximate surface area is 163 Å². The lowest BCUT2D eigenvalue weighted by molar-refractivity contribution is 0.381. The number of nitrogens with zero attached hydrogens (tertiary/aromatic N) is 1. The number of nitrogens with one attached hydrogen (secondary N) is 3. The Kier molecular flexibility index (Phi) is 13.6. The van der Waals surface area contributed by atoms with Gasteiger partial charge in [-0.05, 0) is 44.0 Å². The third-order valence-corrected chi connectivity index (χ3v) is 4.15. The smallest absolute Gasteiger partial charge is 0.123 e. The number of nitrogens with two attached hydrogens (primary N) is 1. The van der Waals surface area contributed by atoms with E-state index in [1.54, 1.807) is 0 Å². The Morgan fingerprint density at radius 3 is 2.52 bits per heavy atom. The van der Waals surface area contributed by atoms with Crippen LogP contribution in [-0.4, -0.2) is 43.2 Å². The van der Waals surface area contributed by atoms with E-state index >= 15 is 0 Å². The molecule has 2 aliphatic heterocycles. The molecule has 2 fully saturated rings. The lowest BCUT2D eigenvalue weighted by atomic mass is 9.96. The van der Waals surface area contributed by atoms with Crippen LogP contribution in [0.2, 0.25) is 0 Å². The molecular formula is C14H27Cl4N5. The maximum atomic E-state index is 5.75. The number of pyridine rings is 1. The van der Waals surface area contributed by atoms with Crippen LogP contribution < -0.4 is 21.7 Å². The number of aromatic nitrogens is 1. The monoisotopic (exact) mass is 405 g/mol. The van der Waals surface area contributed by atoms with Crippen molar-refractivity contribution in [1.29, 1.82) is 0 Å². The molecular weight excluding hydrogens is 380 g/mol. The maximum absolute atomic E-state index is 5.75. The van der Waals surface area contributed by atoms with Crippen molar-refractivity contribution < 1.29 is 0 Å². The lowest BCUT2D eigenvalue weighted by Gasteiger charge is -2.23. The lowest BCUT2D eigenvalue weighted by Crippen LogP contribution is -2.44. The van der Waals surface area contributed by atoms with Crippen molar-refractivity contribution in [2.75, 3.05) is 31.9 Å². The number of hydrogen-bond acceptors (Lipinski definition) is 5. The molecule has 0 radical (unpaired) electrons. The predicted molar refractivity (Wildman–Crippen MR) is 106 cm³/mol. The summed E-state index contributed by atoms with van der Waals surface area (Å²) in [5.41, 5.74) is 6.85. The molecule has 2 aliphatic rings. The molecule has 0 aromatic carbocycles. The quantitative estimate of drug-likeness (QED) is 0.608. The van der Waals surface area contributed by atoms with Crippen molar-refractivity contribution in [3.8, 4) is 0 Å². The SMILES string of the molecule is Cl.Cl.Cl.Cl.Nc1cccc(CC2CNCC2N[C@@H]2CCNC2)n1. The molecule has 0 aliphatic carbocycles. The molecule has 1 aromatic rings. The number of hydrogen-bond donors (Lipinski definition) is 4. The highest BCUT2D eigenvalue weighted by Crippen LogP contribution is 2.17. The Balaban J connectivity index is 0. The highest BCUT2D eigenvalue weighted by atomic mass is 35.5. The van der Waals surface area contributed by atoms with E-state index in [2.05, 4.69) is 27.0 Å². The van der Waals surface area contributed by atoms with Crippen LogP contribution in [0.3, 0.4) is 0 Å². The third kappa shape index (κ3) is 7.18. The molecule has 0 saturated carbocycles. The summed E-state index contributed by atoms with van der Waals surface area (Å²) in [7, 11) is 0. The van der Waals surface area contributed by atoms with Crippen molar-refractivity contribution in [2.45, 2.75) is 24.9 Å². The maximum Gasteiger partial charge on any atom is 0.123 e. The highest BCUT2D eigenvalue weighted by molar-refractivity contribution is 5.86. The summed E-state index contributed by atoms with van der Waals surface area (Å²) >= 11 is 0. The van der Waals surface area contributed by atoms with Crippen molar-refractivity contribution >= 4 is 55.4 Å². The first-order valence-corrected chi connectivity index (χ1v) is 7.20. The molecule has 3 atom stereocenters. The van der Waals surface area contributed by atoms with Gasteiger partial charge in [0.1, 0.15) is 5.82 Å². The molecule has 0 amide bonds. The predicted octanol–water partition coefficient (Wildman–Crippen LogP) is 1.43. The standard InChI is InChI=1S/C14H23N5.4ClH/c15-14-3-1-2-11(19-14)6-10-7-17-9-13(10)18-12-4-5-16-8-12;;;;/h1-3,10,12-13,16-18H,4-9H2,(H2,15,19);4*1H/t10?,12-,13?;;;;/m1..../s1. The van der Waals surface area contributed by atoms with Gasteiger partial charge in [-0.1, -0.05) is 6.07 Å². The molecule has 3 heterocycles. The molecule has 23 heavy (non-hydrogen) atoms. The molecule has 5 N–H and O–H groups in total. The second-order valence-corrected chi connectivity index (χ2v) is 5.64. The highest BCUT2D eigenvalue weighted by Gasteiger charge is 2.30. The zero-order valence-electron chi connectivity index (χ0n) is 12.9. The molecule has 3 rings (SSSR count).